The van der Waals surface area contributed by atoms with E-state index in [2.05, 4.69) is 30.7 Å². The van der Waals surface area contributed by atoms with Crippen molar-refractivity contribution in [2.75, 3.05) is 48.8 Å². The Kier molecular flexibility index (Phi) is 8.33. The Morgan fingerprint density at radius 1 is 1.02 bits per heavy atom. The van der Waals surface area contributed by atoms with Crippen molar-refractivity contribution in [1.29, 1.82) is 0 Å². The molecule has 1 fully saturated rings. The van der Waals surface area contributed by atoms with Crippen molar-refractivity contribution in [3.63, 3.8) is 0 Å². The minimum atomic E-state index is -0.538. The zero-order valence-corrected chi connectivity index (χ0v) is 25.1. The molecule has 3 N–H and O–H groups in total. The number of benzene rings is 2. The topological polar surface area (TPSA) is 125 Å². The molecular formula is C29H31Cl2N7O4. The molecule has 1 saturated heterocycles. The number of piperazine rings is 1. The van der Waals surface area contributed by atoms with E-state index < -0.39 is 11.2 Å². The summed E-state index contributed by atoms with van der Waals surface area (Å²) >= 11 is 12.7. The standard InChI is InChI=1S/C29H31Cl2N7O4/c1-29(2,3)42-28(40)38-12-10-37(11-13-38)18-8-9-21(22(15-18)41-4)33-26-24-17(16-32-36-27(24)39)14-23(35-26)34-25-19(30)6-5-7-20(25)31/h5-9,14-16H,10-13H2,1-4H3,(H,36,39)(H2,33,34,35). The van der Waals surface area contributed by atoms with Crippen molar-refractivity contribution in [3.05, 3.63) is 69.1 Å². The Labute approximate surface area is 252 Å². The van der Waals surface area contributed by atoms with Gasteiger partial charge in [-0.1, -0.05) is 29.3 Å². The van der Waals surface area contributed by atoms with E-state index in [1.807, 2.05) is 39.0 Å². The van der Waals surface area contributed by atoms with Crippen molar-refractivity contribution in [2.24, 2.45) is 0 Å². The van der Waals surface area contributed by atoms with Crippen molar-refractivity contribution in [2.45, 2.75) is 26.4 Å². The molecule has 1 amide bonds. The van der Waals surface area contributed by atoms with Crippen LogP contribution in [0.5, 0.6) is 5.75 Å². The van der Waals surface area contributed by atoms with E-state index in [4.69, 9.17) is 32.7 Å². The van der Waals surface area contributed by atoms with Gasteiger partial charge in [0.05, 0.1) is 40.1 Å². The number of carbonyl (C=O) groups excluding carboxylic acids is 1. The van der Waals surface area contributed by atoms with Gasteiger partial charge < -0.3 is 29.9 Å². The predicted molar refractivity (Wildman–Crippen MR) is 166 cm³/mol. The lowest BCUT2D eigenvalue weighted by molar-refractivity contribution is 0.0240. The van der Waals surface area contributed by atoms with Crippen molar-refractivity contribution in [3.8, 4) is 5.75 Å². The maximum Gasteiger partial charge on any atom is 0.410 e. The van der Waals surface area contributed by atoms with E-state index in [0.29, 0.717) is 75.8 Å². The summed E-state index contributed by atoms with van der Waals surface area (Å²) in [7, 11) is 1.57. The van der Waals surface area contributed by atoms with E-state index in [1.54, 1.807) is 42.5 Å². The van der Waals surface area contributed by atoms with Gasteiger partial charge in [-0.2, -0.15) is 5.10 Å². The number of fused-ring (bicyclic) bond motifs is 1. The molecule has 1 aliphatic rings. The summed E-state index contributed by atoms with van der Waals surface area (Å²) in [5.41, 5.74) is 1.09. The lowest BCUT2D eigenvalue weighted by Gasteiger charge is -2.37. The second-order valence-corrected chi connectivity index (χ2v) is 11.5. The van der Waals surface area contributed by atoms with Gasteiger partial charge in [0.25, 0.3) is 5.56 Å². The number of rotatable bonds is 6. The summed E-state index contributed by atoms with van der Waals surface area (Å²) in [6, 6.07) is 12.6. The zero-order valence-electron chi connectivity index (χ0n) is 23.6. The average molecular weight is 613 g/mol. The molecule has 4 aromatic rings. The number of anilines is 5. The normalized spacial score (nSPS) is 13.7. The third kappa shape index (κ3) is 6.47. The molecule has 13 heteroatoms. The third-order valence-corrected chi connectivity index (χ3v) is 7.23. The van der Waals surface area contributed by atoms with Crippen molar-refractivity contribution >= 4 is 68.8 Å². The molecule has 11 nitrogen and oxygen atoms in total. The second-order valence-electron chi connectivity index (χ2n) is 10.7. The predicted octanol–water partition coefficient (Wildman–Crippen LogP) is 6.18. The molecule has 2 aromatic carbocycles. The number of nitrogens with zero attached hydrogens (tertiary/aromatic N) is 4. The molecule has 42 heavy (non-hydrogen) atoms. The lowest BCUT2D eigenvalue weighted by Crippen LogP contribution is -2.50. The maximum absolute atomic E-state index is 12.8. The van der Waals surface area contributed by atoms with Gasteiger partial charge in [0.2, 0.25) is 0 Å². The van der Waals surface area contributed by atoms with Crippen LogP contribution in [0, 0.1) is 0 Å². The maximum atomic E-state index is 12.8. The molecular weight excluding hydrogens is 581 g/mol. The minimum Gasteiger partial charge on any atom is -0.494 e. The number of hydrogen-bond donors (Lipinski definition) is 3. The summed E-state index contributed by atoms with van der Waals surface area (Å²) in [6.45, 7) is 7.93. The van der Waals surface area contributed by atoms with Crippen LogP contribution >= 0.6 is 23.2 Å². The number of nitrogens with one attached hydrogen (secondary N) is 3. The first-order valence-electron chi connectivity index (χ1n) is 13.3. The van der Waals surface area contributed by atoms with Gasteiger partial charge in [0, 0.05) is 43.3 Å². The molecule has 0 aliphatic carbocycles. The van der Waals surface area contributed by atoms with Gasteiger partial charge in [-0.05, 0) is 51.1 Å². The first-order chi connectivity index (χ1) is 20.0. The number of amides is 1. The molecule has 0 unspecified atom stereocenters. The van der Waals surface area contributed by atoms with Crippen LogP contribution in [0.15, 0.2) is 53.5 Å². The Balaban J connectivity index is 1.40. The highest BCUT2D eigenvalue weighted by atomic mass is 35.5. The summed E-state index contributed by atoms with van der Waals surface area (Å²) in [5, 5.41) is 14.5. The molecule has 1 aliphatic heterocycles. The van der Waals surface area contributed by atoms with Crippen LogP contribution in [0.2, 0.25) is 10.0 Å². The van der Waals surface area contributed by atoms with E-state index in [-0.39, 0.29) is 6.09 Å². The van der Waals surface area contributed by atoms with Crippen LogP contribution in [0.4, 0.5) is 33.5 Å². The molecule has 0 saturated carbocycles. The van der Waals surface area contributed by atoms with Crippen molar-refractivity contribution < 1.29 is 14.3 Å². The highest BCUT2D eigenvalue weighted by Crippen LogP contribution is 2.36. The van der Waals surface area contributed by atoms with Crippen LogP contribution in [-0.2, 0) is 4.74 Å². The molecule has 0 spiro atoms. The first kappa shape index (κ1) is 29.3. The minimum absolute atomic E-state index is 0.291. The Morgan fingerprint density at radius 3 is 2.40 bits per heavy atom. The Morgan fingerprint density at radius 2 is 1.74 bits per heavy atom. The largest absolute Gasteiger partial charge is 0.494 e. The lowest BCUT2D eigenvalue weighted by atomic mass is 10.2. The molecule has 0 bridgehead atoms. The van der Waals surface area contributed by atoms with Crippen molar-refractivity contribution in [1.82, 2.24) is 20.1 Å². The molecule has 5 rings (SSSR count). The Hall–Kier alpha value is -4.22. The van der Waals surface area contributed by atoms with Gasteiger partial charge >= 0.3 is 6.09 Å². The second kappa shape index (κ2) is 11.9. The van der Waals surface area contributed by atoms with Gasteiger partial charge in [-0.15, -0.1) is 0 Å². The number of H-pyrrole nitrogens is 1. The summed E-state index contributed by atoms with van der Waals surface area (Å²) < 4.78 is 11.2. The monoisotopic (exact) mass is 611 g/mol. The van der Waals surface area contributed by atoms with E-state index in [0.717, 1.165) is 5.69 Å². The fourth-order valence-electron chi connectivity index (χ4n) is 4.60. The summed E-state index contributed by atoms with van der Waals surface area (Å²) in [5.74, 6) is 1.25. The van der Waals surface area contributed by atoms with Gasteiger partial charge in [0.1, 0.15) is 23.0 Å². The zero-order chi connectivity index (χ0) is 30.0. The number of aromatic nitrogens is 3. The highest BCUT2D eigenvalue weighted by molar-refractivity contribution is 6.39. The number of halogens is 2. The number of hydrogen-bond acceptors (Lipinski definition) is 9. The van der Waals surface area contributed by atoms with E-state index in [9.17, 15) is 9.59 Å². The average Bonchev–Trinajstić information content (AvgIpc) is 2.94. The first-order valence-corrected chi connectivity index (χ1v) is 14.1. The van der Waals surface area contributed by atoms with Crippen LogP contribution in [0.1, 0.15) is 20.8 Å². The molecule has 0 atom stereocenters. The number of carbonyl (C=O) groups is 1. The third-order valence-electron chi connectivity index (χ3n) is 6.60. The van der Waals surface area contributed by atoms with Gasteiger partial charge in [-0.25, -0.2) is 14.9 Å². The van der Waals surface area contributed by atoms with Crippen LogP contribution in [0.25, 0.3) is 10.8 Å². The highest BCUT2D eigenvalue weighted by Gasteiger charge is 2.26. The number of aromatic amines is 1. The summed E-state index contributed by atoms with van der Waals surface area (Å²) in [6.07, 6.45) is 1.23. The quantitative estimate of drug-likeness (QED) is 0.234. The fraction of sp³-hybridized carbons (Fsp3) is 0.310. The number of methoxy groups -OCH3 is 1. The molecule has 3 heterocycles. The molecule has 220 valence electrons. The molecule has 2 aromatic heterocycles. The Bertz CT molecular complexity index is 1660. The number of pyridine rings is 1. The van der Waals surface area contributed by atoms with Crippen LogP contribution < -0.4 is 25.8 Å². The van der Waals surface area contributed by atoms with Gasteiger partial charge in [-0.3, -0.25) is 4.79 Å². The fourth-order valence-corrected chi connectivity index (χ4v) is 5.09. The van der Waals surface area contributed by atoms with Crippen LogP contribution in [-0.4, -0.2) is 65.1 Å². The van der Waals surface area contributed by atoms with E-state index >= 15 is 0 Å². The SMILES string of the molecule is COc1cc(N2CCN(C(=O)OC(C)(C)C)CC2)ccc1Nc1nc(Nc2c(Cl)cccc2Cl)cc2cn[nH]c(=O)c12. The summed E-state index contributed by atoms with van der Waals surface area (Å²) in [4.78, 5) is 33.8. The van der Waals surface area contributed by atoms with Crippen LogP contribution in [0.3, 0.4) is 0 Å². The number of para-hydroxylation sites is 1. The number of ether oxygens (including phenoxy) is 2. The molecule has 0 radical (unpaired) electrons. The smallest absolute Gasteiger partial charge is 0.410 e. The van der Waals surface area contributed by atoms with Gasteiger partial charge in [0.15, 0.2) is 0 Å². The van der Waals surface area contributed by atoms with E-state index in [1.165, 1.54) is 0 Å².